The summed E-state index contributed by atoms with van der Waals surface area (Å²) in [6.07, 6.45) is 9.84. The van der Waals surface area contributed by atoms with Gasteiger partial charge in [0.25, 0.3) is 0 Å². The summed E-state index contributed by atoms with van der Waals surface area (Å²) in [7, 11) is 0. The molecule has 0 aliphatic heterocycles. The molecule has 0 amide bonds. The van der Waals surface area contributed by atoms with E-state index in [4.69, 9.17) is 0 Å². The summed E-state index contributed by atoms with van der Waals surface area (Å²) in [5, 5.41) is 0. The normalized spacial score (nSPS) is 20.6. The van der Waals surface area contributed by atoms with Gasteiger partial charge in [0.05, 0.1) is 0 Å². The zero-order valence-electron chi connectivity index (χ0n) is 16.3. The third kappa shape index (κ3) is 7.80. The molecule has 28 heavy (non-hydrogen) atoms. The summed E-state index contributed by atoms with van der Waals surface area (Å²) in [6, 6.07) is 1.89. The number of aryl methyl sites for hydroxylation is 1. The lowest BCUT2D eigenvalue weighted by Crippen LogP contribution is -2.19. The van der Waals surface area contributed by atoms with Gasteiger partial charge in [-0.15, -0.1) is 13.2 Å². The molecule has 1 aromatic carbocycles. The van der Waals surface area contributed by atoms with E-state index in [0.717, 1.165) is 50.2 Å². The van der Waals surface area contributed by atoms with Crippen LogP contribution >= 0.6 is 0 Å². The molecule has 0 N–H and O–H groups in total. The molecule has 2 rings (SSSR count). The summed E-state index contributed by atoms with van der Waals surface area (Å²) in [5.41, 5.74) is 0.370. The fraction of sp³-hybridized carbons (Fsp3) is 0.636. The molecule has 1 aliphatic carbocycles. The molecular formula is C22H29F5O. The average molecular weight is 404 g/mol. The molecule has 6 heteroatoms. The molecule has 1 saturated carbocycles. The number of halogens is 5. The number of allylic oxidation sites excluding steroid dienone is 2. The van der Waals surface area contributed by atoms with Crippen LogP contribution in [0.5, 0.6) is 5.75 Å². The monoisotopic (exact) mass is 404 g/mol. The Balaban J connectivity index is 1.75. The molecular weight excluding hydrogens is 375 g/mol. The van der Waals surface area contributed by atoms with Crippen molar-refractivity contribution in [2.45, 2.75) is 77.5 Å². The summed E-state index contributed by atoms with van der Waals surface area (Å²) in [6.45, 7) is 2.13. The SMILES string of the molecule is CCC=CCCCC1CCC(CCc2cc(F)c(OC(F)(F)F)c(F)c2)CC1. The fourth-order valence-corrected chi connectivity index (χ4v) is 3.96. The zero-order chi connectivity index (χ0) is 20.6. The van der Waals surface area contributed by atoms with Crippen LogP contribution in [0.2, 0.25) is 0 Å². The van der Waals surface area contributed by atoms with E-state index in [1.54, 1.807) is 0 Å². The van der Waals surface area contributed by atoms with Crippen molar-refractivity contribution >= 4 is 0 Å². The van der Waals surface area contributed by atoms with Gasteiger partial charge in [-0.1, -0.05) is 51.2 Å². The van der Waals surface area contributed by atoms with Crippen molar-refractivity contribution in [3.63, 3.8) is 0 Å². The molecule has 0 spiro atoms. The van der Waals surface area contributed by atoms with Crippen molar-refractivity contribution in [1.82, 2.24) is 0 Å². The largest absolute Gasteiger partial charge is 0.573 e. The quantitative estimate of drug-likeness (QED) is 0.232. The van der Waals surface area contributed by atoms with E-state index in [1.807, 2.05) is 0 Å². The topological polar surface area (TPSA) is 9.23 Å². The Labute approximate surface area is 164 Å². The number of hydrogen-bond acceptors (Lipinski definition) is 1. The number of hydrogen-bond donors (Lipinski definition) is 0. The standard InChI is InChI=1S/C22H29F5O/c1-2-3-4-5-6-7-16-8-10-17(11-9-16)12-13-18-14-19(23)21(20(24)15-18)28-22(25,26)27/h3-4,14-17H,2,5-13H2,1H3. The predicted octanol–water partition coefficient (Wildman–Crippen LogP) is 7.74. The van der Waals surface area contributed by atoms with Crippen LogP contribution in [0.25, 0.3) is 0 Å². The molecule has 0 saturated heterocycles. The molecule has 0 heterocycles. The number of alkyl halides is 3. The number of ether oxygens (including phenoxy) is 1. The van der Waals surface area contributed by atoms with E-state index in [2.05, 4.69) is 23.8 Å². The van der Waals surface area contributed by atoms with E-state index in [0.29, 0.717) is 17.9 Å². The number of benzene rings is 1. The van der Waals surface area contributed by atoms with E-state index in [1.165, 1.54) is 25.7 Å². The summed E-state index contributed by atoms with van der Waals surface area (Å²) < 4.78 is 67.6. The van der Waals surface area contributed by atoms with Crippen LogP contribution in [0, 0.1) is 23.5 Å². The van der Waals surface area contributed by atoms with Gasteiger partial charge in [0.1, 0.15) is 0 Å². The van der Waals surface area contributed by atoms with Gasteiger partial charge in [-0.05, 0) is 61.6 Å². The fourth-order valence-electron chi connectivity index (χ4n) is 3.96. The van der Waals surface area contributed by atoms with Crippen molar-refractivity contribution in [3.8, 4) is 5.75 Å². The van der Waals surface area contributed by atoms with E-state index in [9.17, 15) is 22.0 Å². The second kappa shape index (κ2) is 10.8. The minimum Gasteiger partial charge on any atom is -0.399 e. The minimum atomic E-state index is -5.12. The van der Waals surface area contributed by atoms with Gasteiger partial charge in [-0.3, -0.25) is 0 Å². The van der Waals surface area contributed by atoms with Crippen LogP contribution in [-0.4, -0.2) is 6.36 Å². The van der Waals surface area contributed by atoms with Gasteiger partial charge < -0.3 is 4.74 Å². The van der Waals surface area contributed by atoms with E-state index >= 15 is 0 Å². The first-order chi connectivity index (χ1) is 13.3. The van der Waals surface area contributed by atoms with Crippen LogP contribution in [0.4, 0.5) is 22.0 Å². The lowest BCUT2D eigenvalue weighted by molar-refractivity contribution is -0.276. The van der Waals surface area contributed by atoms with Crippen LogP contribution in [0.1, 0.15) is 70.3 Å². The Morgan fingerprint density at radius 2 is 1.54 bits per heavy atom. The molecule has 1 fully saturated rings. The second-order valence-electron chi connectivity index (χ2n) is 7.67. The van der Waals surface area contributed by atoms with Gasteiger partial charge in [0, 0.05) is 0 Å². The van der Waals surface area contributed by atoms with Gasteiger partial charge in [-0.2, -0.15) is 0 Å². The van der Waals surface area contributed by atoms with Crippen molar-refractivity contribution < 1.29 is 26.7 Å². The van der Waals surface area contributed by atoms with Gasteiger partial charge in [0.15, 0.2) is 11.6 Å². The molecule has 0 unspecified atom stereocenters. The highest BCUT2D eigenvalue weighted by Gasteiger charge is 2.34. The molecule has 0 aromatic heterocycles. The molecule has 0 atom stereocenters. The van der Waals surface area contributed by atoms with Crippen molar-refractivity contribution in [1.29, 1.82) is 0 Å². The van der Waals surface area contributed by atoms with Gasteiger partial charge in [0.2, 0.25) is 5.75 Å². The maximum atomic E-state index is 13.8. The highest BCUT2D eigenvalue weighted by molar-refractivity contribution is 5.31. The third-order valence-corrected chi connectivity index (χ3v) is 5.47. The first kappa shape index (κ1) is 22.7. The molecule has 1 aliphatic rings. The van der Waals surface area contributed by atoms with Gasteiger partial charge in [-0.25, -0.2) is 8.78 Å². The minimum absolute atomic E-state index is 0.370. The van der Waals surface area contributed by atoms with Crippen molar-refractivity contribution in [2.24, 2.45) is 11.8 Å². The lowest BCUT2D eigenvalue weighted by Gasteiger charge is -2.28. The van der Waals surface area contributed by atoms with E-state index in [-0.39, 0.29) is 0 Å². The highest BCUT2D eigenvalue weighted by atomic mass is 19.4. The molecule has 158 valence electrons. The third-order valence-electron chi connectivity index (χ3n) is 5.47. The number of unbranched alkanes of at least 4 members (excludes halogenated alkanes) is 1. The van der Waals surface area contributed by atoms with Crippen molar-refractivity contribution in [3.05, 3.63) is 41.5 Å². The summed E-state index contributed by atoms with van der Waals surface area (Å²) >= 11 is 0. The maximum absolute atomic E-state index is 13.8. The zero-order valence-corrected chi connectivity index (χ0v) is 16.3. The summed E-state index contributed by atoms with van der Waals surface area (Å²) in [5.74, 6) is -2.74. The lowest BCUT2D eigenvalue weighted by atomic mass is 9.78. The smallest absolute Gasteiger partial charge is 0.399 e. The second-order valence-corrected chi connectivity index (χ2v) is 7.67. The highest BCUT2D eigenvalue weighted by Crippen LogP contribution is 2.35. The maximum Gasteiger partial charge on any atom is 0.573 e. The summed E-state index contributed by atoms with van der Waals surface area (Å²) in [4.78, 5) is 0. The van der Waals surface area contributed by atoms with Crippen LogP contribution in [0.15, 0.2) is 24.3 Å². The Morgan fingerprint density at radius 1 is 0.964 bits per heavy atom. The van der Waals surface area contributed by atoms with Gasteiger partial charge >= 0.3 is 6.36 Å². The molecule has 1 nitrogen and oxygen atoms in total. The molecule has 0 radical (unpaired) electrons. The Hall–Kier alpha value is -1.59. The predicted molar refractivity (Wildman–Crippen MR) is 100 cm³/mol. The van der Waals surface area contributed by atoms with Crippen LogP contribution in [-0.2, 0) is 6.42 Å². The van der Waals surface area contributed by atoms with Crippen LogP contribution in [0.3, 0.4) is 0 Å². The van der Waals surface area contributed by atoms with E-state index < -0.39 is 23.7 Å². The first-order valence-electron chi connectivity index (χ1n) is 10.2. The Bertz CT molecular complexity index is 607. The molecule has 0 bridgehead atoms. The molecule has 1 aromatic rings. The van der Waals surface area contributed by atoms with Crippen LogP contribution < -0.4 is 4.74 Å². The Kier molecular flexibility index (Phi) is 8.77. The first-order valence-corrected chi connectivity index (χ1v) is 10.2. The number of rotatable bonds is 9. The average Bonchev–Trinajstić information content (AvgIpc) is 2.63. The van der Waals surface area contributed by atoms with Crippen molar-refractivity contribution in [2.75, 3.05) is 0 Å². The Morgan fingerprint density at radius 3 is 2.07 bits per heavy atom.